The summed E-state index contributed by atoms with van der Waals surface area (Å²) in [6, 6.07) is 19.6. The van der Waals surface area contributed by atoms with Crippen LogP contribution in [0.3, 0.4) is 0 Å². The molecule has 0 unspecified atom stereocenters. The van der Waals surface area contributed by atoms with Crippen molar-refractivity contribution in [2.45, 2.75) is 6.92 Å². The minimum atomic E-state index is 0.176. The largest absolute Gasteiger partial charge is 0.298 e. The zero-order valence-electron chi connectivity index (χ0n) is 13.5. The molecule has 0 aliphatic heterocycles. The van der Waals surface area contributed by atoms with Crippen LogP contribution in [0.15, 0.2) is 60.7 Å². The van der Waals surface area contributed by atoms with E-state index in [0.717, 1.165) is 22.3 Å². The monoisotopic (exact) mass is 347 g/mol. The molecule has 2 heterocycles. The molecule has 4 nitrogen and oxygen atoms in total. The van der Waals surface area contributed by atoms with E-state index in [0.29, 0.717) is 17.5 Å². The normalized spacial score (nSPS) is 11.0. The van der Waals surface area contributed by atoms with Crippen LogP contribution in [-0.2, 0) is 0 Å². The summed E-state index contributed by atoms with van der Waals surface area (Å²) in [6.45, 7) is 2.04. The summed E-state index contributed by atoms with van der Waals surface area (Å²) in [6.07, 6.45) is 0.716. The third kappa shape index (κ3) is 2.71. The first-order valence-electron chi connectivity index (χ1n) is 7.84. The average Bonchev–Trinajstić information content (AvgIpc) is 3.00. The third-order valence-electron chi connectivity index (χ3n) is 4.09. The molecule has 0 amide bonds. The van der Waals surface area contributed by atoms with Gasteiger partial charge in [-0.15, -0.1) is 0 Å². The molecule has 2 aromatic carbocycles. The van der Waals surface area contributed by atoms with E-state index in [2.05, 4.69) is 4.98 Å². The van der Waals surface area contributed by atoms with Crippen molar-refractivity contribution in [2.24, 2.45) is 0 Å². The molecule has 0 aliphatic rings. The lowest BCUT2D eigenvalue weighted by molar-refractivity contribution is 0.112. The minimum Gasteiger partial charge on any atom is -0.298 e. The third-order valence-corrected chi connectivity index (χ3v) is 4.39. The van der Waals surface area contributed by atoms with Gasteiger partial charge in [0.2, 0.25) is 0 Å². The number of rotatable bonds is 3. The summed E-state index contributed by atoms with van der Waals surface area (Å²) >= 11 is 6.16. The van der Waals surface area contributed by atoms with Gasteiger partial charge in [0.15, 0.2) is 11.9 Å². The van der Waals surface area contributed by atoms with Crippen molar-refractivity contribution >= 4 is 28.9 Å². The fourth-order valence-electron chi connectivity index (χ4n) is 2.79. The Morgan fingerprint density at radius 2 is 1.76 bits per heavy atom. The number of carbonyl (C=O) groups is 1. The molecule has 0 saturated carbocycles. The van der Waals surface area contributed by atoms with Gasteiger partial charge in [-0.2, -0.15) is 5.10 Å². The van der Waals surface area contributed by atoms with Crippen LogP contribution in [0.4, 0.5) is 0 Å². The van der Waals surface area contributed by atoms with Crippen LogP contribution in [0, 0.1) is 6.92 Å². The number of aromatic nitrogens is 3. The zero-order valence-corrected chi connectivity index (χ0v) is 14.2. The summed E-state index contributed by atoms with van der Waals surface area (Å²) in [4.78, 5) is 15.7. The number of carbonyl (C=O) groups excluding carboxylic acids is 1. The van der Waals surface area contributed by atoms with E-state index < -0.39 is 0 Å². The van der Waals surface area contributed by atoms with Gasteiger partial charge in [0.1, 0.15) is 10.8 Å². The lowest BCUT2D eigenvalue weighted by Crippen LogP contribution is -1.98. The number of hydrogen-bond donors (Lipinski definition) is 0. The lowest BCUT2D eigenvalue weighted by Gasteiger charge is -2.02. The number of hydrogen-bond acceptors (Lipinski definition) is 3. The van der Waals surface area contributed by atoms with Crippen molar-refractivity contribution in [3.63, 3.8) is 0 Å². The van der Waals surface area contributed by atoms with Gasteiger partial charge in [-0.3, -0.25) is 4.79 Å². The van der Waals surface area contributed by atoms with E-state index in [4.69, 9.17) is 16.7 Å². The van der Waals surface area contributed by atoms with E-state index in [1.54, 1.807) is 10.7 Å². The van der Waals surface area contributed by atoms with Crippen LogP contribution in [-0.4, -0.2) is 21.1 Å². The van der Waals surface area contributed by atoms with Crippen molar-refractivity contribution in [3.8, 4) is 16.9 Å². The number of aldehydes is 1. The number of fused-ring (bicyclic) bond motifs is 1. The molecule has 0 saturated heterocycles. The van der Waals surface area contributed by atoms with Gasteiger partial charge < -0.3 is 0 Å². The molecule has 4 aromatic rings. The maximum atomic E-state index is 11.3. The van der Waals surface area contributed by atoms with Crippen molar-refractivity contribution in [1.82, 2.24) is 14.8 Å². The molecule has 5 heteroatoms. The predicted octanol–water partition coefficient (Wildman–Crippen LogP) is 4.86. The summed E-state index contributed by atoms with van der Waals surface area (Å²) in [7, 11) is 0. The molecule has 0 spiro atoms. The quantitative estimate of drug-likeness (QED) is 0.392. The summed E-state index contributed by atoms with van der Waals surface area (Å²) in [5, 5.41) is 5.72. The molecule has 0 bridgehead atoms. The van der Waals surface area contributed by atoms with Crippen molar-refractivity contribution in [3.05, 3.63) is 76.9 Å². The molecule has 25 heavy (non-hydrogen) atoms. The van der Waals surface area contributed by atoms with Gasteiger partial charge in [-0.05, 0) is 25.1 Å². The summed E-state index contributed by atoms with van der Waals surface area (Å²) < 4.78 is 1.75. The van der Waals surface area contributed by atoms with Crippen molar-refractivity contribution < 1.29 is 4.79 Å². The van der Waals surface area contributed by atoms with Crippen LogP contribution in [0.25, 0.3) is 28.0 Å². The topological polar surface area (TPSA) is 47.8 Å². The highest BCUT2D eigenvalue weighted by atomic mass is 35.5. The van der Waals surface area contributed by atoms with Gasteiger partial charge >= 0.3 is 0 Å². The van der Waals surface area contributed by atoms with E-state index >= 15 is 0 Å². The van der Waals surface area contributed by atoms with Gasteiger partial charge in [-0.25, -0.2) is 9.67 Å². The highest BCUT2D eigenvalue weighted by molar-refractivity contribution is 6.32. The van der Waals surface area contributed by atoms with E-state index in [1.807, 2.05) is 61.5 Å². The van der Waals surface area contributed by atoms with Crippen LogP contribution in [0.2, 0.25) is 5.15 Å². The smallest absolute Gasteiger partial charge is 0.165 e. The first kappa shape index (κ1) is 15.5. The molecule has 122 valence electrons. The second kappa shape index (κ2) is 6.15. The van der Waals surface area contributed by atoms with E-state index in [1.165, 1.54) is 5.56 Å². The van der Waals surface area contributed by atoms with Crippen molar-refractivity contribution in [2.75, 3.05) is 0 Å². The average molecular weight is 348 g/mol. The van der Waals surface area contributed by atoms with Crippen LogP contribution >= 0.6 is 11.6 Å². The predicted molar refractivity (Wildman–Crippen MR) is 99.4 cm³/mol. The molecule has 0 radical (unpaired) electrons. The fraction of sp³-hybridized carbons (Fsp3) is 0.0500. The lowest BCUT2D eigenvalue weighted by atomic mass is 10.1. The van der Waals surface area contributed by atoms with Crippen LogP contribution in [0.5, 0.6) is 0 Å². The number of para-hydroxylation sites is 1. The second-order valence-corrected chi connectivity index (χ2v) is 6.18. The molecule has 2 aromatic heterocycles. The molecular weight excluding hydrogens is 334 g/mol. The maximum absolute atomic E-state index is 11.3. The van der Waals surface area contributed by atoms with E-state index in [9.17, 15) is 4.79 Å². The minimum absolute atomic E-state index is 0.176. The number of nitrogens with zero attached hydrogens (tertiary/aromatic N) is 3. The number of halogens is 1. The van der Waals surface area contributed by atoms with Gasteiger partial charge in [0.25, 0.3) is 0 Å². The SMILES string of the molecule is Cc1ccc(-c2nn(-c3ccccc3)c3nc(Cl)c(C=O)cc23)cc1. The van der Waals surface area contributed by atoms with Crippen LogP contribution < -0.4 is 0 Å². The van der Waals surface area contributed by atoms with E-state index in [-0.39, 0.29) is 5.15 Å². The summed E-state index contributed by atoms with van der Waals surface area (Å²) in [5.41, 5.74) is 4.77. The fourth-order valence-corrected chi connectivity index (χ4v) is 2.97. The molecule has 4 rings (SSSR count). The van der Waals surface area contributed by atoms with Gasteiger partial charge in [-0.1, -0.05) is 59.6 Å². The zero-order chi connectivity index (χ0) is 17.4. The highest BCUT2D eigenvalue weighted by Gasteiger charge is 2.17. The Kier molecular flexibility index (Phi) is 3.82. The number of aryl methyl sites for hydroxylation is 1. The Bertz CT molecular complexity index is 1070. The Balaban J connectivity index is 2.05. The van der Waals surface area contributed by atoms with Gasteiger partial charge in [0, 0.05) is 10.9 Å². The Morgan fingerprint density at radius 1 is 1.04 bits per heavy atom. The molecule has 0 atom stereocenters. The van der Waals surface area contributed by atoms with Crippen molar-refractivity contribution in [1.29, 1.82) is 0 Å². The maximum Gasteiger partial charge on any atom is 0.165 e. The Labute approximate surface area is 149 Å². The van der Waals surface area contributed by atoms with Crippen LogP contribution in [0.1, 0.15) is 15.9 Å². The molecule has 0 fully saturated rings. The highest BCUT2D eigenvalue weighted by Crippen LogP contribution is 2.31. The summed E-state index contributed by atoms with van der Waals surface area (Å²) in [5.74, 6) is 0. The Hall–Kier alpha value is -2.98. The standard InChI is InChI=1S/C20H14ClN3O/c1-13-7-9-14(10-8-13)18-17-11-15(12-25)19(21)22-20(17)24(23-18)16-5-3-2-4-6-16/h2-12H,1H3. The first-order valence-corrected chi connectivity index (χ1v) is 8.22. The molecule has 0 N–H and O–H groups in total. The molecular formula is C20H14ClN3O. The Morgan fingerprint density at radius 3 is 2.44 bits per heavy atom. The van der Waals surface area contributed by atoms with Gasteiger partial charge in [0.05, 0.1) is 11.3 Å². The number of pyridine rings is 1. The first-order chi connectivity index (χ1) is 12.2. The molecule has 0 aliphatic carbocycles. The number of benzene rings is 2. The second-order valence-electron chi connectivity index (χ2n) is 5.82.